The highest BCUT2D eigenvalue weighted by molar-refractivity contribution is 5.48. The lowest BCUT2D eigenvalue weighted by Crippen LogP contribution is -2.23. The normalized spacial score (nSPS) is 21.4. The van der Waals surface area contributed by atoms with E-state index in [1.807, 2.05) is 0 Å². The molecule has 0 atom stereocenters. The van der Waals surface area contributed by atoms with Crippen LogP contribution >= 0.6 is 0 Å². The van der Waals surface area contributed by atoms with Gasteiger partial charge in [0.05, 0.1) is 0 Å². The van der Waals surface area contributed by atoms with Gasteiger partial charge in [-0.05, 0) is 56.3 Å². The van der Waals surface area contributed by atoms with Crippen molar-refractivity contribution >= 4 is 6.29 Å². The zero-order chi connectivity index (χ0) is 12.7. The molecule has 0 radical (unpaired) electrons. The van der Waals surface area contributed by atoms with E-state index in [2.05, 4.69) is 26.8 Å². The molecule has 1 nitrogen and oxygen atoms in total. The van der Waals surface area contributed by atoms with Crippen molar-refractivity contribution < 1.29 is 4.79 Å². The fraction of sp³-hybridized carbons (Fsp3) is 0.812. The summed E-state index contributed by atoms with van der Waals surface area (Å²) < 4.78 is 0. The zero-order valence-corrected chi connectivity index (χ0v) is 11.8. The first-order valence-electron chi connectivity index (χ1n) is 7.15. The second-order valence-electron chi connectivity index (χ2n) is 6.45. The van der Waals surface area contributed by atoms with E-state index in [4.69, 9.17) is 0 Å². The van der Waals surface area contributed by atoms with Gasteiger partial charge in [-0.25, -0.2) is 0 Å². The van der Waals surface area contributed by atoms with Crippen molar-refractivity contribution in [3.05, 3.63) is 11.6 Å². The van der Waals surface area contributed by atoms with Gasteiger partial charge in [0.1, 0.15) is 6.29 Å². The summed E-state index contributed by atoms with van der Waals surface area (Å²) in [6, 6.07) is 0. The maximum Gasteiger partial charge on any atom is 0.119 e. The van der Waals surface area contributed by atoms with Gasteiger partial charge in [-0.15, -0.1) is 0 Å². The summed E-state index contributed by atoms with van der Waals surface area (Å²) in [4.78, 5) is 10.2. The Balaban J connectivity index is 2.22. The summed E-state index contributed by atoms with van der Waals surface area (Å²) in [5.74, 6) is 0.898. The Bertz CT molecular complexity index is 247. The number of aldehydes is 1. The molecule has 0 aromatic heterocycles. The van der Waals surface area contributed by atoms with Crippen molar-refractivity contribution in [2.75, 3.05) is 0 Å². The number of rotatable bonds is 5. The topological polar surface area (TPSA) is 17.1 Å². The van der Waals surface area contributed by atoms with Gasteiger partial charge in [0.15, 0.2) is 0 Å². The molecule has 0 aliphatic heterocycles. The molecule has 0 spiro atoms. The van der Waals surface area contributed by atoms with Gasteiger partial charge in [-0.3, -0.25) is 0 Å². The van der Waals surface area contributed by atoms with Gasteiger partial charge in [0.2, 0.25) is 0 Å². The van der Waals surface area contributed by atoms with Gasteiger partial charge in [-0.2, -0.15) is 0 Å². The maximum absolute atomic E-state index is 10.2. The fourth-order valence-corrected chi connectivity index (χ4v) is 2.74. The van der Waals surface area contributed by atoms with Crippen LogP contribution in [0, 0.1) is 11.3 Å². The van der Waals surface area contributed by atoms with Crippen molar-refractivity contribution in [2.45, 2.75) is 72.1 Å². The summed E-state index contributed by atoms with van der Waals surface area (Å²) >= 11 is 0. The van der Waals surface area contributed by atoms with E-state index in [1.165, 1.54) is 38.5 Å². The molecule has 1 aliphatic carbocycles. The lowest BCUT2D eigenvalue weighted by molar-refractivity contribution is -0.107. The SMILES string of the molecule is CC(C)(C)C1CCC(=CCCCCC=O)CC1. The first kappa shape index (κ1) is 14.5. The van der Waals surface area contributed by atoms with E-state index in [0.29, 0.717) is 5.41 Å². The van der Waals surface area contributed by atoms with E-state index >= 15 is 0 Å². The summed E-state index contributed by atoms with van der Waals surface area (Å²) in [5.41, 5.74) is 2.15. The Morgan fingerprint density at radius 2 is 1.71 bits per heavy atom. The number of carbonyl (C=O) groups is 1. The smallest absolute Gasteiger partial charge is 0.119 e. The molecule has 0 unspecified atom stereocenters. The molecule has 1 aliphatic rings. The second kappa shape index (κ2) is 6.98. The van der Waals surface area contributed by atoms with Gasteiger partial charge >= 0.3 is 0 Å². The number of hydrogen-bond donors (Lipinski definition) is 0. The average Bonchev–Trinajstić information content (AvgIpc) is 2.28. The van der Waals surface area contributed by atoms with Gasteiger partial charge < -0.3 is 4.79 Å². The van der Waals surface area contributed by atoms with E-state index in [0.717, 1.165) is 25.0 Å². The summed E-state index contributed by atoms with van der Waals surface area (Å²) in [6.45, 7) is 7.10. The zero-order valence-electron chi connectivity index (χ0n) is 11.8. The van der Waals surface area contributed by atoms with Crippen LogP contribution in [0.15, 0.2) is 11.6 Å². The van der Waals surface area contributed by atoms with Crippen LogP contribution in [-0.2, 0) is 4.79 Å². The number of unbranched alkanes of at least 4 members (excludes halogenated alkanes) is 3. The third kappa shape index (κ3) is 5.52. The van der Waals surface area contributed by atoms with E-state index in [1.54, 1.807) is 5.57 Å². The lowest BCUT2D eigenvalue weighted by Gasteiger charge is -2.34. The quantitative estimate of drug-likeness (QED) is 0.376. The predicted molar refractivity (Wildman–Crippen MR) is 74.0 cm³/mol. The molecule has 1 saturated carbocycles. The molecule has 98 valence electrons. The summed E-state index contributed by atoms with van der Waals surface area (Å²) in [6.07, 6.45) is 12.9. The Hall–Kier alpha value is -0.590. The summed E-state index contributed by atoms with van der Waals surface area (Å²) in [7, 11) is 0. The Morgan fingerprint density at radius 1 is 1.12 bits per heavy atom. The third-order valence-corrected chi connectivity index (χ3v) is 4.06. The van der Waals surface area contributed by atoms with Gasteiger partial charge in [0.25, 0.3) is 0 Å². The molecular formula is C16H28O. The molecule has 17 heavy (non-hydrogen) atoms. The van der Waals surface area contributed by atoms with Crippen molar-refractivity contribution in [1.82, 2.24) is 0 Å². The van der Waals surface area contributed by atoms with E-state index < -0.39 is 0 Å². The van der Waals surface area contributed by atoms with Gasteiger partial charge in [0, 0.05) is 6.42 Å². The third-order valence-electron chi connectivity index (χ3n) is 4.06. The van der Waals surface area contributed by atoms with Crippen molar-refractivity contribution in [3.63, 3.8) is 0 Å². The van der Waals surface area contributed by atoms with E-state index in [-0.39, 0.29) is 0 Å². The molecule has 0 bridgehead atoms. The van der Waals surface area contributed by atoms with Crippen molar-refractivity contribution in [2.24, 2.45) is 11.3 Å². The second-order valence-corrected chi connectivity index (χ2v) is 6.45. The standard InChI is InChI=1S/C16H28O/c1-16(2,3)15-11-9-14(10-12-15)8-6-4-5-7-13-17/h8,13,15H,4-7,9-12H2,1-3H3. The molecule has 0 N–H and O–H groups in total. The monoisotopic (exact) mass is 236 g/mol. The number of hydrogen-bond acceptors (Lipinski definition) is 1. The van der Waals surface area contributed by atoms with Crippen molar-refractivity contribution in [1.29, 1.82) is 0 Å². The number of allylic oxidation sites excluding steroid dienone is 2. The minimum Gasteiger partial charge on any atom is -0.303 e. The highest BCUT2D eigenvalue weighted by atomic mass is 16.1. The molecule has 0 amide bonds. The molecular weight excluding hydrogens is 208 g/mol. The molecule has 0 aromatic rings. The Labute approximate surface area is 107 Å². The Kier molecular flexibility index (Phi) is 5.94. The minimum absolute atomic E-state index is 0.482. The molecule has 0 aromatic carbocycles. The molecule has 1 rings (SSSR count). The maximum atomic E-state index is 10.2. The highest BCUT2D eigenvalue weighted by Gasteiger charge is 2.27. The van der Waals surface area contributed by atoms with Crippen LogP contribution in [0.1, 0.15) is 72.1 Å². The average molecular weight is 236 g/mol. The van der Waals surface area contributed by atoms with Crippen LogP contribution in [0.5, 0.6) is 0 Å². The molecule has 1 heteroatoms. The van der Waals surface area contributed by atoms with Gasteiger partial charge in [-0.1, -0.05) is 32.4 Å². The van der Waals surface area contributed by atoms with Crippen LogP contribution in [0.2, 0.25) is 0 Å². The van der Waals surface area contributed by atoms with Crippen LogP contribution in [-0.4, -0.2) is 6.29 Å². The van der Waals surface area contributed by atoms with Crippen molar-refractivity contribution in [3.8, 4) is 0 Å². The van der Waals surface area contributed by atoms with E-state index in [9.17, 15) is 4.79 Å². The summed E-state index contributed by atoms with van der Waals surface area (Å²) in [5, 5.41) is 0. The minimum atomic E-state index is 0.482. The largest absolute Gasteiger partial charge is 0.303 e. The van der Waals surface area contributed by atoms with Crippen LogP contribution < -0.4 is 0 Å². The molecule has 0 saturated heterocycles. The van der Waals surface area contributed by atoms with Crippen LogP contribution in [0.3, 0.4) is 0 Å². The van der Waals surface area contributed by atoms with Crippen LogP contribution in [0.25, 0.3) is 0 Å². The van der Waals surface area contributed by atoms with Crippen LogP contribution in [0.4, 0.5) is 0 Å². The lowest BCUT2D eigenvalue weighted by atomic mass is 9.71. The first-order valence-corrected chi connectivity index (χ1v) is 7.15. The predicted octanol–water partition coefficient (Wildman–Crippen LogP) is 4.91. The first-order chi connectivity index (χ1) is 8.04. The fourth-order valence-electron chi connectivity index (χ4n) is 2.74. The molecule has 1 fully saturated rings. The highest BCUT2D eigenvalue weighted by Crippen LogP contribution is 2.39. The molecule has 0 heterocycles. The Morgan fingerprint density at radius 3 is 2.24 bits per heavy atom. The number of carbonyl (C=O) groups excluding carboxylic acids is 1.